The molecule has 0 fully saturated rings. The van der Waals surface area contributed by atoms with E-state index < -0.39 is 0 Å². The molecule has 0 aromatic carbocycles. The molecule has 0 aliphatic rings. The topological polar surface area (TPSA) is 25.4 Å². The maximum atomic E-state index is 5.26. The number of likely N-dealkylation sites (N-methyl/N-ethyl adjacent to an activating group) is 1. The Bertz CT molecular complexity index is 254. The number of halogens is 1. The smallest absolute Gasteiger partial charge is 0.186 e. The Morgan fingerprint density at radius 2 is 2.46 bits per heavy atom. The van der Waals surface area contributed by atoms with Crippen molar-refractivity contribution >= 4 is 32.4 Å². The molecule has 0 aliphatic carbocycles. The first-order chi connectivity index (χ1) is 6.24. The minimum Gasteiger partial charge on any atom is -0.380 e. The van der Waals surface area contributed by atoms with Gasteiger partial charge in [-0.25, -0.2) is 4.98 Å². The monoisotopic (exact) mass is 264 g/mol. The van der Waals surface area contributed by atoms with Crippen LogP contribution in [0, 0.1) is 0 Å². The Hall–Kier alpha value is -0.130. The number of rotatable bonds is 5. The van der Waals surface area contributed by atoms with Crippen LogP contribution in [0.4, 0.5) is 5.13 Å². The van der Waals surface area contributed by atoms with Gasteiger partial charge in [0, 0.05) is 25.6 Å². The van der Waals surface area contributed by atoms with Gasteiger partial charge in [0.2, 0.25) is 0 Å². The molecule has 0 unspecified atom stereocenters. The highest BCUT2D eigenvalue weighted by Crippen LogP contribution is 2.22. The molecule has 0 aliphatic heterocycles. The zero-order valence-corrected chi connectivity index (χ0v) is 10.2. The van der Waals surface area contributed by atoms with E-state index in [4.69, 9.17) is 4.74 Å². The van der Waals surface area contributed by atoms with Crippen molar-refractivity contribution in [1.82, 2.24) is 4.98 Å². The van der Waals surface area contributed by atoms with Gasteiger partial charge in [0.15, 0.2) is 5.13 Å². The number of aromatic nitrogens is 1. The molecule has 1 aromatic heterocycles. The summed E-state index contributed by atoms with van der Waals surface area (Å²) in [5.41, 5.74) is 0. The second kappa shape index (κ2) is 5.57. The lowest BCUT2D eigenvalue weighted by Gasteiger charge is -2.14. The van der Waals surface area contributed by atoms with Crippen LogP contribution in [-0.2, 0) is 4.74 Å². The molecule has 13 heavy (non-hydrogen) atoms. The van der Waals surface area contributed by atoms with Crippen molar-refractivity contribution in [2.45, 2.75) is 6.92 Å². The van der Waals surface area contributed by atoms with Gasteiger partial charge >= 0.3 is 0 Å². The van der Waals surface area contributed by atoms with Crippen molar-refractivity contribution in [3.63, 3.8) is 0 Å². The minimum atomic E-state index is 0.754. The molecule has 1 heterocycles. The summed E-state index contributed by atoms with van der Waals surface area (Å²) in [7, 11) is 2.02. The third-order valence-electron chi connectivity index (χ3n) is 1.57. The van der Waals surface area contributed by atoms with E-state index in [0.717, 1.165) is 29.5 Å². The van der Waals surface area contributed by atoms with E-state index in [0.29, 0.717) is 0 Å². The molecule has 1 rings (SSSR count). The molecular formula is C8H13BrN2OS. The average molecular weight is 265 g/mol. The quantitative estimate of drug-likeness (QED) is 0.764. The van der Waals surface area contributed by atoms with E-state index in [-0.39, 0.29) is 0 Å². The first kappa shape index (κ1) is 10.9. The van der Waals surface area contributed by atoms with Crippen molar-refractivity contribution < 1.29 is 4.74 Å². The molecule has 1 aromatic rings. The van der Waals surface area contributed by atoms with Gasteiger partial charge in [-0.3, -0.25) is 0 Å². The van der Waals surface area contributed by atoms with Gasteiger partial charge in [0.1, 0.15) is 4.60 Å². The molecule has 0 saturated heterocycles. The zero-order chi connectivity index (χ0) is 9.68. The van der Waals surface area contributed by atoms with Crippen molar-refractivity contribution in [1.29, 1.82) is 0 Å². The van der Waals surface area contributed by atoms with Gasteiger partial charge in [-0.2, -0.15) is 0 Å². The number of ether oxygens (including phenoxy) is 1. The summed E-state index contributed by atoms with van der Waals surface area (Å²) in [6.07, 6.45) is 0. The lowest BCUT2D eigenvalue weighted by Crippen LogP contribution is -2.22. The fourth-order valence-electron chi connectivity index (χ4n) is 0.862. The maximum Gasteiger partial charge on any atom is 0.186 e. The van der Waals surface area contributed by atoms with Crippen molar-refractivity contribution in [3.8, 4) is 0 Å². The van der Waals surface area contributed by atoms with Crippen LogP contribution in [0.2, 0.25) is 0 Å². The largest absolute Gasteiger partial charge is 0.380 e. The highest BCUT2D eigenvalue weighted by Gasteiger charge is 2.04. The molecule has 0 atom stereocenters. The zero-order valence-electron chi connectivity index (χ0n) is 7.79. The predicted molar refractivity (Wildman–Crippen MR) is 59.6 cm³/mol. The molecule has 0 amide bonds. The number of thiazole rings is 1. The van der Waals surface area contributed by atoms with Crippen LogP contribution in [0.15, 0.2) is 9.98 Å². The van der Waals surface area contributed by atoms with E-state index in [1.807, 2.05) is 19.4 Å². The van der Waals surface area contributed by atoms with Gasteiger partial charge in [0.05, 0.1) is 6.61 Å². The first-order valence-corrected chi connectivity index (χ1v) is 5.81. The van der Waals surface area contributed by atoms with E-state index in [2.05, 4.69) is 25.8 Å². The number of nitrogens with zero attached hydrogens (tertiary/aromatic N) is 2. The molecule has 0 bridgehead atoms. The van der Waals surface area contributed by atoms with E-state index >= 15 is 0 Å². The summed E-state index contributed by atoms with van der Waals surface area (Å²) >= 11 is 4.95. The van der Waals surface area contributed by atoms with Gasteiger partial charge in [-0.1, -0.05) is 0 Å². The van der Waals surface area contributed by atoms with Crippen molar-refractivity contribution in [3.05, 3.63) is 9.98 Å². The van der Waals surface area contributed by atoms with Crippen LogP contribution in [0.25, 0.3) is 0 Å². The molecule has 0 saturated carbocycles. The van der Waals surface area contributed by atoms with Crippen LogP contribution < -0.4 is 4.90 Å². The summed E-state index contributed by atoms with van der Waals surface area (Å²) < 4.78 is 6.15. The lowest BCUT2D eigenvalue weighted by molar-refractivity contribution is 0.154. The summed E-state index contributed by atoms with van der Waals surface area (Å²) in [5.74, 6) is 0. The summed E-state index contributed by atoms with van der Waals surface area (Å²) in [6, 6.07) is 0. The summed E-state index contributed by atoms with van der Waals surface area (Å²) in [4.78, 5) is 6.38. The van der Waals surface area contributed by atoms with Gasteiger partial charge in [0.25, 0.3) is 0 Å². The van der Waals surface area contributed by atoms with Crippen LogP contribution in [0.3, 0.4) is 0 Å². The normalized spacial score (nSPS) is 10.4. The average Bonchev–Trinajstić information content (AvgIpc) is 2.52. The second-order valence-electron chi connectivity index (χ2n) is 2.57. The highest BCUT2D eigenvalue weighted by atomic mass is 79.9. The van der Waals surface area contributed by atoms with Crippen LogP contribution in [0.5, 0.6) is 0 Å². The predicted octanol–water partition coefficient (Wildman–Crippen LogP) is 2.38. The highest BCUT2D eigenvalue weighted by molar-refractivity contribution is 9.10. The maximum absolute atomic E-state index is 5.26. The van der Waals surface area contributed by atoms with E-state index in [1.54, 1.807) is 11.3 Å². The van der Waals surface area contributed by atoms with Crippen LogP contribution >= 0.6 is 27.3 Å². The second-order valence-corrected chi connectivity index (χ2v) is 4.22. The SMILES string of the molecule is CCOCCN(C)c1nc(Br)cs1. The van der Waals surface area contributed by atoms with Crippen molar-refractivity contribution in [2.24, 2.45) is 0 Å². The number of hydrogen-bond donors (Lipinski definition) is 0. The standard InChI is InChI=1S/C8H13BrN2OS/c1-3-12-5-4-11(2)8-10-7(9)6-13-8/h6H,3-5H2,1-2H3. The van der Waals surface area contributed by atoms with E-state index in [1.165, 1.54) is 0 Å². The molecule has 0 spiro atoms. The third kappa shape index (κ3) is 3.62. The fraction of sp³-hybridized carbons (Fsp3) is 0.625. The Kier molecular flexibility index (Phi) is 4.69. The fourth-order valence-corrected chi connectivity index (χ4v) is 2.11. The minimum absolute atomic E-state index is 0.754. The Morgan fingerprint density at radius 3 is 3.00 bits per heavy atom. The third-order valence-corrected chi connectivity index (χ3v) is 3.23. The van der Waals surface area contributed by atoms with Crippen molar-refractivity contribution in [2.75, 3.05) is 31.7 Å². The number of hydrogen-bond acceptors (Lipinski definition) is 4. The van der Waals surface area contributed by atoms with Gasteiger partial charge in [-0.05, 0) is 22.9 Å². The number of anilines is 1. The Labute approximate surface area is 90.9 Å². The molecular weight excluding hydrogens is 252 g/mol. The lowest BCUT2D eigenvalue weighted by atomic mass is 10.6. The molecule has 74 valence electrons. The molecule has 3 nitrogen and oxygen atoms in total. The van der Waals surface area contributed by atoms with Gasteiger partial charge < -0.3 is 9.64 Å². The Morgan fingerprint density at radius 1 is 1.69 bits per heavy atom. The molecule has 0 N–H and O–H groups in total. The first-order valence-electron chi connectivity index (χ1n) is 4.14. The van der Waals surface area contributed by atoms with E-state index in [9.17, 15) is 0 Å². The van der Waals surface area contributed by atoms with Gasteiger partial charge in [-0.15, -0.1) is 11.3 Å². The summed E-state index contributed by atoms with van der Waals surface area (Å²) in [6.45, 7) is 4.41. The summed E-state index contributed by atoms with van der Waals surface area (Å²) in [5, 5.41) is 3.00. The molecule has 5 heteroatoms. The molecule has 0 radical (unpaired) electrons. The van der Waals surface area contributed by atoms with Crippen LogP contribution in [0.1, 0.15) is 6.92 Å². The Balaban J connectivity index is 2.35. The van der Waals surface area contributed by atoms with Crippen LogP contribution in [-0.4, -0.2) is 31.8 Å².